The Morgan fingerprint density at radius 1 is 1.06 bits per heavy atom. The first-order valence-corrected chi connectivity index (χ1v) is 12.0. The molecule has 1 aromatic heterocycles. The fourth-order valence-electron chi connectivity index (χ4n) is 4.71. The smallest absolute Gasteiger partial charge is 0.191 e. The van der Waals surface area contributed by atoms with Gasteiger partial charge in [-0.3, -0.25) is 4.90 Å². The van der Waals surface area contributed by atoms with Crippen molar-refractivity contribution in [2.45, 2.75) is 65.1 Å². The normalized spacial score (nSPS) is 15.8. The molecule has 0 saturated heterocycles. The Kier molecular flexibility index (Phi) is 12.3. The second-order valence-electron chi connectivity index (χ2n) is 9.10. The van der Waals surface area contributed by atoms with Crippen LogP contribution in [0.1, 0.15) is 62.3 Å². The van der Waals surface area contributed by atoms with E-state index in [-0.39, 0.29) is 36.0 Å². The molecule has 1 fully saturated rings. The highest BCUT2D eigenvalue weighted by Gasteiger charge is 2.31. The van der Waals surface area contributed by atoms with E-state index in [9.17, 15) is 5.11 Å². The summed E-state index contributed by atoms with van der Waals surface area (Å²) >= 11 is 0. The first-order chi connectivity index (χ1) is 15.6. The first-order valence-electron chi connectivity index (χ1n) is 12.0. The number of nitrogens with one attached hydrogen (secondary N) is 2. The van der Waals surface area contributed by atoms with Crippen molar-refractivity contribution in [3.8, 4) is 0 Å². The number of aliphatic hydroxyl groups is 1. The zero-order chi connectivity index (χ0) is 22.7. The van der Waals surface area contributed by atoms with Gasteiger partial charge in [0, 0.05) is 26.2 Å². The van der Waals surface area contributed by atoms with Crippen LogP contribution in [0.3, 0.4) is 0 Å². The fraction of sp³-hybridized carbons (Fsp3) is 0.577. The van der Waals surface area contributed by atoms with Crippen LogP contribution < -0.4 is 10.6 Å². The third kappa shape index (κ3) is 8.94. The summed E-state index contributed by atoms with van der Waals surface area (Å²) in [5.74, 6) is 1.83. The molecule has 1 heterocycles. The first kappa shape index (κ1) is 27.7. The van der Waals surface area contributed by atoms with Gasteiger partial charge in [0.25, 0.3) is 0 Å². The van der Waals surface area contributed by atoms with Gasteiger partial charge in [-0.25, -0.2) is 4.99 Å². The van der Waals surface area contributed by atoms with Crippen LogP contribution in [0, 0.1) is 5.41 Å². The summed E-state index contributed by atoms with van der Waals surface area (Å²) in [4.78, 5) is 7.15. The Bertz CT molecular complexity index is 814. The van der Waals surface area contributed by atoms with Crippen molar-refractivity contribution < 1.29 is 9.52 Å². The van der Waals surface area contributed by atoms with E-state index in [0.29, 0.717) is 6.54 Å². The van der Waals surface area contributed by atoms with Crippen LogP contribution in [-0.4, -0.2) is 42.7 Å². The molecule has 0 radical (unpaired) electrons. The number of hydrogen-bond acceptors (Lipinski definition) is 4. The summed E-state index contributed by atoms with van der Waals surface area (Å²) in [7, 11) is 2.11. The lowest BCUT2D eigenvalue weighted by molar-refractivity contribution is 0.131. The van der Waals surface area contributed by atoms with Crippen LogP contribution >= 0.6 is 24.0 Å². The van der Waals surface area contributed by atoms with Gasteiger partial charge in [-0.05, 0) is 61.9 Å². The topological polar surface area (TPSA) is 73.0 Å². The molecule has 3 rings (SSSR count). The second-order valence-corrected chi connectivity index (χ2v) is 9.10. The van der Waals surface area contributed by atoms with Crippen molar-refractivity contribution in [3.05, 3.63) is 59.5 Å². The number of guanidine groups is 1. The van der Waals surface area contributed by atoms with Crippen LogP contribution in [0.2, 0.25) is 0 Å². The number of rotatable bonds is 11. The van der Waals surface area contributed by atoms with Gasteiger partial charge in [0.15, 0.2) is 5.96 Å². The average molecular weight is 569 g/mol. The summed E-state index contributed by atoms with van der Waals surface area (Å²) in [6.07, 6.45) is 8.79. The summed E-state index contributed by atoms with van der Waals surface area (Å²) in [6, 6.07) is 12.5. The van der Waals surface area contributed by atoms with E-state index < -0.39 is 0 Å². The number of aliphatic imine (C=N–C) groups is 1. The zero-order valence-corrected chi connectivity index (χ0v) is 22.5. The molecule has 184 valence electrons. The molecular weight excluding hydrogens is 527 g/mol. The monoisotopic (exact) mass is 568 g/mol. The van der Waals surface area contributed by atoms with Crippen LogP contribution in [-0.2, 0) is 19.6 Å². The molecule has 0 unspecified atom stereocenters. The summed E-state index contributed by atoms with van der Waals surface area (Å²) in [5, 5.41) is 16.6. The summed E-state index contributed by atoms with van der Waals surface area (Å²) in [5.41, 5.74) is 2.71. The maximum Gasteiger partial charge on any atom is 0.191 e. The summed E-state index contributed by atoms with van der Waals surface area (Å²) in [6.45, 7) is 6.30. The maximum atomic E-state index is 9.60. The molecule has 0 spiro atoms. The predicted molar refractivity (Wildman–Crippen MR) is 146 cm³/mol. The van der Waals surface area contributed by atoms with E-state index in [1.165, 1.54) is 43.2 Å². The van der Waals surface area contributed by atoms with Crippen molar-refractivity contribution >= 4 is 29.9 Å². The number of hydrogen-bond donors (Lipinski definition) is 3. The number of halogens is 1. The molecule has 33 heavy (non-hydrogen) atoms. The molecule has 1 aliphatic rings. The van der Waals surface area contributed by atoms with Crippen LogP contribution in [0.15, 0.2) is 52.1 Å². The lowest BCUT2D eigenvalue weighted by atomic mass is 9.72. The second kappa shape index (κ2) is 14.6. The van der Waals surface area contributed by atoms with Gasteiger partial charge >= 0.3 is 0 Å². The Hall–Kier alpha value is -1.58. The van der Waals surface area contributed by atoms with E-state index in [0.717, 1.165) is 44.3 Å². The molecule has 6 nitrogen and oxygen atoms in total. The minimum atomic E-state index is 0. The molecule has 1 aromatic carbocycles. The zero-order valence-electron chi connectivity index (χ0n) is 20.2. The van der Waals surface area contributed by atoms with Crippen LogP contribution in [0.25, 0.3) is 0 Å². The SMILES string of the molecule is CCNC(=NCc1ccccc1CN(C)Cc1ccco1)NCC1(CCO)CCCCC1.I. The van der Waals surface area contributed by atoms with Crippen molar-refractivity contribution in [3.63, 3.8) is 0 Å². The highest BCUT2D eigenvalue weighted by atomic mass is 127. The van der Waals surface area contributed by atoms with E-state index in [4.69, 9.17) is 9.41 Å². The fourth-order valence-corrected chi connectivity index (χ4v) is 4.71. The standard InChI is InChI=1S/C26H40N4O2.HI/c1-3-27-25(29-21-26(15-16-31)13-7-4-8-14-26)28-18-22-10-5-6-11-23(22)19-30(2)20-24-12-9-17-32-24;/h5-6,9-12,17,31H,3-4,7-8,13-16,18-21H2,1-2H3,(H2,27,28,29);1H. The number of benzene rings is 1. The lowest BCUT2D eigenvalue weighted by Crippen LogP contribution is -2.45. The third-order valence-electron chi connectivity index (χ3n) is 6.50. The average Bonchev–Trinajstić information content (AvgIpc) is 3.30. The number of nitrogens with zero attached hydrogens (tertiary/aromatic N) is 2. The van der Waals surface area contributed by atoms with Gasteiger partial charge in [-0.15, -0.1) is 24.0 Å². The van der Waals surface area contributed by atoms with Crippen molar-refractivity contribution in [2.24, 2.45) is 10.4 Å². The minimum Gasteiger partial charge on any atom is -0.468 e. The van der Waals surface area contributed by atoms with Crippen molar-refractivity contribution in [1.29, 1.82) is 0 Å². The molecule has 0 atom stereocenters. The lowest BCUT2D eigenvalue weighted by Gasteiger charge is -2.37. The van der Waals surface area contributed by atoms with Crippen molar-refractivity contribution in [1.82, 2.24) is 15.5 Å². The van der Waals surface area contributed by atoms with E-state index in [1.54, 1.807) is 6.26 Å². The molecule has 0 amide bonds. The van der Waals surface area contributed by atoms with Crippen molar-refractivity contribution in [2.75, 3.05) is 26.7 Å². The predicted octanol–water partition coefficient (Wildman–Crippen LogP) is 4.92. The molecular formula is C26H41IN4O2. The van der Waals surface area contributed by atoms with Gasteiger partial charge < -0.3 is 20.2 Å². The molecule has 2 aromatic rings. The molecule has 1 aliphatic carbocycles. The Morgan fingerprint density at radius 3 is 2.48 bits per heavy atom. The third-order valence-corrected chi connectivity index (χ3v) is 6.50. The van der Waals surface area contributed by atoms with E-state index >= 15 is 0 Å². The quantitative estimate of drug-likeness (QED) is 0.204. The molecule has 1 saturated carbocycles. The number of furan rings is 1. The molecule has 0 aliphatic heterocycles. The van der Waals surface area contributed by atoms with Gasteiger partial charge in [-0.2, -0.15) is 0 Å². The summed E-state index contributed by atoms with van der Waals surface area (Å²) < 4.78 is 5.48. The Morgan fingerprint density at radius 2 is 1.82 bits per heavy atom. The van der Waals surface area contributed by atoms with Gasteiger partial charge in [0.05, 0.1) is 19.4 Å². The highest BCUT2D eigenvalue weighted by Crippen LogP contribution is 2.38. The highest BCUT2D eigenvalue weighted by molar-refractivity contribution is 14.0. The van der Waals surface area contributed by atoms with Gasteiger partial charge in [0.1, 0.15) is 5.76 Å². The molecule has 7 heteroatoms. The molecule has 3 N–H and O–H groups in total. The largest absolute Gasteiger partial charge is 0.468 e. The minimum absolute atomic E-state index is 0. The number of aliphatic hydroxyl groups excluding tert-OH is 1. The van der Waals surface area contributed by atoms with E-state index in [2.05, 4.69) is 53.8 Å². The van der Waals surface area contributed by atoms with Gasteiger partial charge in [0.2, 0.25) is 0 Å². The molecule has 0 bridgehead atoms. The Balaban J connectivity index is 0.00000385. The van der Waals surface area contributed by atoms with Crippen LogP contribution in [0.5, 0.6) is 0 Å². The van der Waals surface area contributed by atoms with Gasteiger partial charge in [-0.1, -0.05) is 43.5 Å². The van der Waals surface area contributed by atoms with E-state index in [1.807, 2.05) is 12.1 Å². The Labute approximate surface area is 216 Å². The maximum absolute atomic E-state index is 9.60. The van der Waals surface area contributed by atoms with Crippen LogP contribution in [0.4, 0.5) is 0 Å².